The van der Waals surface area contributed by atoms with Gasteiger partial charge in [-0.25, -0.2) is 0 Å². The lowest BCUT2D eigenvalue weighted by molar-refractivity contribution is -0.0287. The molecule has 19 heavy (non-hydrogen) atoms. The van der Waals surface area contributed by atoms with E-state index >= 15 is 0 Å². The smallest absolute Gasteiger partial charge is 0.0803 e. The standard InChI is InChI=1S/C17H29NO/c1-6-11-18-16(17(4,7-2)19-5)13-15-10-8-9-14(3)12-15/h8-10,12,16,18H,6-7,11,13H2,1-5H3. The van der Waals surface area contributed by atoms with E-state index in [1.807, 2.05) is 7.11 Å². The highest BCUT2D eigenvalue weighted by Gasteiger charge is 2.32. The number of benzene rings is 1. The van der Waals surface area contributed by atoms with Crippen LogP contribution in [-0.4, -0.2) is 25.3 Å². The predicted molar refractivity (Wildman–Crippen MR) is 82.7 cm³/mol. The topological polar surface area (TPSA) is 21.3 Å². The molecule has 1 N–H and O–H groups in total. The molecule has 0 radical (unpaired) electrons. The van der Waals surface area contributed by atoms with Crippen LogP contribution in [0.1, 0.15) is 44.7 Å². The van der Waals surface area contributed by atoms with E-state index in [9.17, 15) is 0 Å². The van der Waals surface area contributed by atoms with E-state index in [4.69, 9.17) is 4.74 Å². The van der Waals surface area contributed by atoms with Crippen LogP contribution < -0.4 is 5.32 Å². The molecule has 0 saturated carbocycles. The maximum atomic E-state index is 5.79. The van der Waals surface area contributed by atoms with Gasteiger partial charge in [0.05, 0.1) is 5.60 Å². The van der Waals surface area contributed by atoms with Gasteiger partial charge in [-0.1, -0.05) is 43.7 Å². The molecule has 0 heterocycles. The first-order chi connectivity index (χ1) is 9.05. The first-order valence-electron chi connectivity index (χ1n) is 7.39. The molecule has 1 aromatic carbocycles. The summed E-state index contributed by atoms with van der Waals surface area (Å²) in [6, 6.07) is 9.11. The van der Waals surface area contributed by atoms with E-state index in [1.165, 1.54) is 11.1 Å². The SMILES string of the molecule is CCCNC(Cc1cccc(C)c1)C(C)(CC)OC. The van der Waals surface area contributed by atoms with Crippen LogP contribution >= 0.6 is 0 Å². The van der Waals surface area contributed by atoms with Gasteiger partial charge in [-0.15, -0.1) is 0 Å². The van der Waals surface area contributed by atoms with Crippen molar-refractivity contribution in [3.8, 4) is 0 Å². The van der Waals surface area contributed by atoms with Crippen LogP contribution in [0.2, 0.25) is 0 Å². The van der Waals surface area contributed by atoms with Crippen LogP contribution in [-0.2, 0) is 11.2 Å². The molecule has 0 aliphatic heterocycles. The van der Waals surface area contributed by atoms with E-state index in [0.29, 0.717) is 6.04 Å². The van der Waals surface area contributed by atoms with Crippen molar-refractivity contribution in [2.75, 3.05) is 13.7 Å². The summed E-state index contributed by atoms with van der Waals surface area (Å²) >= 11 is 0. The average Bonchev–Trinajstić information content (AvgIpc) is 2.42. The Labute approximate surface area is 118 Å². The van der Waals surface area contributed by atoms with E-state index in [0.717, 1.165) is 25.8 Å². The molecule has 0 spiro atoms. The average molecular weight is 263 g/mol. The Bertz CT molecular complexity index is 371. The lowest BCUT2D eigenvalue weighted by Gasteiger charge is -2.36. The van der Waals surface area contributed by atoms with E-state index in [-0.39, 0.29) is 5.60 Å². The summed E-state index contributed by atoms with van der Waals surface area (Å²) in [7, 11) is 1.82. The molecule has 2 heteroatoms. The van der Waals surface area contributed by atoms with Gasteiger partial charge in [0.25, 0.3) is 0 Å². The van der Waals surface area contributed by atoms with Gasteiger partial charge >= 0.3 is 0 Å². The molecule has 1 aromatic rings. The monoisotopic (exact) mass is 263 g/mol. The maximum Gasteiger partial charge on any atom is 0.0803 e. The zero-order valence-corrected chi connectivity index (χ0v) is 13.1. The summed E-state index contributed by atoms with van der Waals surface area (Å²) < 4.78 is 5.79. The molecule has 0 aliphatic carbocycles. The minimum absolute atomic E-state index is 0.112. The van der Waals surface area contributed by atoms with Gasteiger partial charge in [0.15, 0.2) is 0 Å². The Balaban J connectivity index is 2.85. The molecule has 2 nitrogen and oxygen atoms in total. The molecule has 0 fully saturated rings. The van der Waals surface area contributed by atoms with E-state index < -0.39 is 0 Å². The maximum absolute atomic E-state index is 5.79. The number of ether oxygens (including phenoxy) is 1. The van der Waals surface area contributed by atoms with Crippen molar-refractivity contribution in [1.82, 2.24) is 5.32 Å². The number of hydrogen-bond donors (Lipinski definition) is 1. The lowest BCUT2D eigenvalue weighted by Crippen LogP contribution is -2.51. The zero-order valence-electron chi connectivity index (χ0n) is 13.1. The summed E-state index contributed by atoms with van der Waals surface area (Å²) in [5.74, 6) is 0. The Morgan fingerprint density at radius 3 is 2.58 bits per heavy atom. The predicted octanol–water partition coefficient (Wildman–Crippen LogP) is 3.72. The fourth-order valence-corrected chi connectivity index (χ4v) is 2.43. The van der Waals surface area contributed by atoms with Crippen LogP contribution in [0.5, 0.6) is 0 Å². The highest BCUT2D eigenvalue weighted by Crippen LogP contribution is 2.23. The molecular weight excluding hydrogens is 234 g/mol. The van der Waals surface area contributed by atoms with Crippen LogP contribution in [0.25, 0.3) is 0 Å². The molecule has 1 rings (SSSR count). The summed E-state index contributed by atoms with van der Waals surface area (Å²) in [5, 5.41) is 3.65. The Hall–Kier alpha value is -0.860. The van der Waals surface area contributed by atoms with Gasteiger partial charge in [0.2, 0.25) is 0 Å². The summed E-state index contributed by atoms with van der Waals surface area (Å²) in [6.45, 7) is 9.78. The summed E-state index contributed by atoms with van der Waals surface area (Å²) in [4.78, 5) is 0. The van der Waals surface area contributed by atoms with Gasteiger partial charge < -0.3 is 10.1 Å². The zero-order chi connectivity index (χ0) is 14.3. The van der Waals surface area contributed by atoms with Crippen molar-refractivity contribution in [3.05, 3.63) is 35.4 Å². The van der Waals surface area contributed by atoms with Crippen LogP contribution in [0.15, 0.2) is 24.3 Å². The second-order valence-electron chi connectivity index (χ2n) is 5.57. The third kappa shape index (κ3) is 4.63. The molecule has 108 valence electrons. The largest absolute Gasteiger partial charge is 0.377 e. The number of rotatable bonds is 8. The highest BCUT2D eigenvalue weighted by atomic mass is 16.5. The fraction of sp³-hybridized carbons (Fsp3) is 0.647. The Kier molecular flexibility index (Phi) is 6.53. The Morgan fingerprint density at radius 2 is 2.05 bits per heavy atom. The molecule has 0 amide bonds. The molecule has 2 atom stereocenters. The van der Waals surface area contributed by atoms with Crippen molar-refractivity contribution >= 4 is 0 Å². The molecule has 0 aromatic heterocycles. The Morgan fingerprint density at radius 1 is 1.32 bits per heavy atom. The number of methoxy groups -OCH3 is 1. The normalized spacial score (nSPS) is 16.1. The van der Waals surface area contributed by atoms with Crippen LogP contribution in [0.3, 0.4) is 0 Å². The van der Waals surface area contributed by atoms with E-state index in [1.54, 1.807) is 0 Å². The van der Waals surface area contributed by atoms with Crippen molar-refractivity contribution < 1.29 is 4.74 Å². The number of nitrogens with one attached hydrogen (secondary N) is 1. The molecular formula is C17H29NO. The van der Waals surface area contributed by atoms with Crippen LogP contribution in [0.4, 0.5) is 0 Å². The fourth-order valence-electron chi connectivity index (χ4n) is 2.43. The third-order valence-corrected chi connectivity index (χ3v) is 4.07. The summed E-state index contributed by atoms with van der Waals surface area (Å²) in [6.07, 6.45) is 3.17. The van der Waals surface area contributed by atoms with Crippen LogP contribution in [0, 0.1) is 6.92 Å². The van der Waals surface area contributed by atoms with Gasteiger partial charge in [0, 0.05) is 13.2 Å². The summed E-state index contributed by atoms with van der Waals surface area (Å²) in [5.41, 5.74) is 2.59. The second kappa shape index (κ2) is 7.66. The minimum Gasteiger partial charge on any atom is -0.377 e. The third-order valence-electron chi connectivity index (χ3n) is 4.07. The van der Waals surface area contributed by atoms with Crippen molar-refractivity contribution in [3.63, 3.8) is 0 Å². The highest BCUT2D eigenvalue weighted by molar-refractivity contribution is 5.23. The number of aryl methyl sites for hydroxylation is 1. The minimum atomic E-state index is -0.112. The van der Waals surface area contributed by atoms with Gasteiger partial charge in [-0.05, 0) is 45.2 Å². The van der Waals surface area contributed by atoms with Crippen molar-refractivity contribution in [1.29, 1.82) is 0 Å². The molecule has 0 aliphatic rings. The molecule has 0 bridgehead atoms. The first-order valence-corrected chi connectivity index (χ1v) is 7.39. The van der Waals surface area contributed by atoms with E-state index in [2.05, 4.69) is 57.3 Å². The molecule has 2 unspecified atom stereocenters. The van der Waals surface area contributed by atoms with Gasteiger partial charge in [-0.3, -0.25) is 0 Å². The van der Waals surface area contributed by atoms with Gasteiger partial charge in [-0.2, -0.15) is 0 Å². The van der Waals surface area contributed by atoms with Gasteiger partial charge in [0.1, 0.15) is 0 Å². The lowest BCUT2D eigenvalue weighted by atomic mass is 9.88. The first kappa shape index (κ1) is 16.2. The molecule has 0 saturated heterocycles. The number of hydrogen-bond acceptors (Lipinski definition) is 2. The second-order valence-corrected chi connectivity index (χ2v) is 5.57. The quantitative estimate of drug-likeness (QED) is 0.772. The van der Waals surface area contributed by atoms with Crippen molar-refractivity contribution in [2.24, 2.45) is 0 Å². The van der Waals surface area contributed by atoms with Crippen molar-refractivity contribution in [2.45, 2.75) is 58.6 Å².